The number of amides is 1. The Hall–Kier alpha value is -2.01. The van der Waals surface area contributed by atoms with Gasteiger partial charge in [0.25, 0.3) is 5.91 Å². The lowest BCUT2D eigenvalue weighted by atomic mass is 10.1. The van der Waals surface area contributed by atoms with Crippen LogP contribution in [0.3, 0.4) is 0 Å². The molecule has 0 atom stereocenters. The minimum Gasteiger partial charge on any atom is -0.397 e. The van der Waals surface area contributed by atoms with Crippen molar-refractivity contribution in [3.8, 4) is 0 Å². The Bertz CT molecular complexity index is 640. The molecular formula is C16H18BrN3O. The van der Waals surface area contributed by atoms with E-state index in [0.717, 1.165) is 16.7 Å². The zero-order valence-electron chi connectivity index (χ0n) is 12.1. The predicted molar refractivity (Wildman–Crippen MR) is 90.5 cm³/mol. The van der Waals surface area contributed by atoms with E-state index >= 15 is 0 Å². The van der Waals surface area contributed by atoms with Gasteiger partial charge in [-0.1, -0.05) is 28.1 Å². The van der Waals surface area contributed by atoms with Crippen LogP contribution in [0.5, 0.6) is 0 Å². The third-order valence-corrected chi connectivity index (χ3v) is 3.79. The van der Waals surface area contributed by atoms with E-state index in [1.165, 1.54) is 5.56 Å². The summed E-state index contributed by atoms with van der Waals surface area (Å²) in [7, 11) is 3.58. The van der Waals surface area contributed by atoms with E-state index in [1.807, 2.05) is 25.2 Å². The first-order chi connectivity index (χ1) is 10.0. The molecule has 5 heteroatoms. The second kappa shape index (κ2) is 6.63. The number of hydrogen-bond donors (Lipinski definition) is 2. The summed E-state index contributed by atoms with van der Waals surface area (Å²) >= 11 is 3.43. The van der Waals surface area contributed by atoms with E-state index in [4.69, 9.17) is 5.73 Å². The molecule has 0 unspecified atom stereocenters. The van der Waals surface area contributed by atoms with Crippen molar-refractivity contribution in [1.29, 1.82) is 0 Å². The molecule has 0 spiro atoms. The molecule has 0 heterocycles. The number of halogens is 1. The number of anilines is 2. The molecule has 110 valence electrons. The Morgan fingerprint density at radius 3 is 2.48 bits per heavy atom. The fourth-order valence-corrected chi connectivity index (χ4v) is 2.40. The summed E-state index contributed by atoms with van der Waals surface area (Å²) in [5.74, 6) is -0.135. The van der Waals surface area contributed by atoms with Crippen LogP contribution in [-0.2, 0) is 6.54 Å². The van der Waals surface area contributed by atoms with Gasteiger partial charge in [-0.3, -0.25) is 4.79 Å². The standard InChI is InChI=1S/C16H18BrN3O/c1-19-16(21)12-5-8-15(14(18)9-12)20(2)10-11-3-6-13(17)7-4-11/h3-9H,10,18H2,1-2H3,(H,19,21). The number of nitrogens with zero attached hydrogens (tertiary/aromatic N) is 1. The summed E-state index contributed by atoms with van der Waals surface area (Å²) in [4.78, 5) is 13.6. The van der Waals surface area contributed by atoms with Crippen LogP contribution in [0.1, 0.15) is 15.9 Å². The number of carbonyl (C=O) groups is 1. The molecule has 0 bridgehead atoms. The van der Waals surface area contributed by atoms with Gasteiger partial charge in [-0.15, -0.1) is 0 Å². The molecule has 21 heavy (non-hydrogen) atoms. The van der Waals surface area contributed by atoms with Gasteiger partial charge in [-0.25, -0.2) is 0 Å². The first kappa shape index (κ1) is 15.4. The second-order valence-corrected chi connectivity index (χ2v) is 5.75. The Morgan fingerprint density at radius 2 is 1.90 bits per heavy atom. The molecule has 0 saturated heterocycles. The molecule has 1 amide bonds. The normalized spacial score (nSPS) is 10.2. The van der Waals surface area contributed by atoms with Gasteiger partial charge in [-0.2, -0.15) is 0 Å². The Labute approximate surface area is 133 Å². The maximum atomic E-state index is 11.6. The van der Waals surface area contributed by atoms with Gasteiger partial charge in [0.05, 0.1) is 11.4 Å². The predicted octanol–water partition coefficient (Wildman–Crippen LogP) is 3.03. The number of nitrogens with one attached hydrogen (secondary N) is 1. The molecule has 3 N–H and O–H groups in total. The average molecular weight is 348 g/mol. The lowest BCUT2D eigenvalue weighted by molar-refractivity contribution is 0.0963. The molecule has 0 aliphatic carbocycles. The maximum absolute atomic E-state index is 11.6. The van der Waals surface area contributed by atoms with Crippen molar-refractivity contribution in [2.24, 2.45) is 0 Å². The molecular weight excluding hydrogens is 330 g/mol. The van der Waals surface area contributed by atoms with Crippen LogP contribution in [0, 0.1) is 0 Å². The molecule has 4 nitrogen and oxygen atoms in total. The Balaban J connectivity index is 2.17. The summed E-state index contributed by atoms with van der Waals surface area (Å²) in [6.45, 7) is 0.747. The van der Waals surface area contributed by atoms with Crippen molar-refractivity contribution in [3.63, 3.8) is 0 Å². The van der Waals surface area contributed by atoms with Gasteiger partial charge >= 0.3 is 0 Å². The van der Waals surface area contributed by atoms with Gasteiger partial charge in [0.2, 0.25) is 0 Å². The molecule has 0 aliphatic rings. The molecule has 0 aromatic heterocycles. The molecule has 2 rings (SSSR count). The quantitative estimate of drug-likeness (QED) is 0.835. The van der Waals surface area contributed by atoms with Gasteiger partial charge < -0.3 is 16.0 Å². The number of nitrogens with two attached hydrogens (primary N) is 1. The molecule has 0 radical (unpaired) electrons. The van der Waals surface area contributed by atoms with E-state index in [2.05, 4.69) is 38.3 Å². The summed E-state index contributed by atoms with van der Waals surface area (Å²) in [5, 5.41) is 2.59. The van der Waals surface area contributed by atoms with E-state index in [0.29, 0.717) is 11.3 Å². The zero-order valence-corrected chi connectivity index (χ0v) is 13.6. The van der Waals surface area contributed by atoms with Crippen molar-refractivity contribution >= 4 is 33.2 Å². The lowest BCUT2D eigenvalue weighted by Gasteiger charge is -2.21. The maximum Gasteiger partial charge on any atom is 0.251 e. The van der Waals surface area contributed by atoms with Crippen LogP contribution in [-0.4, -0.2) is 20.0 Å². The van der Waals surface area contributed by atoms with Crippen molar-refractivity contribution < 1.29 is 4.79 Å². The first-order valence-electron chi connectivity index (χ1n) is 6.58. The number of hydrogen-bond acceptors (Lipinski definition) is 3. The van der Waals surface area contributed by atoms with Gasteiger partial charge in [0.15, 0.2) is 0 Å². The third kappa shape index (κ3) is 3.76. The smallest absolute Gasteiger partial charge is 0.251 e. The zero-order chi connectivity index (χ0) is 15.4. The number of rotatable bonds is 4. The SMILES string of the molecule is CNC(=O)c1ccc(N(C)Cc2ccc(Br)cc2)c(N)c1. The van der Waals surface area contributed by atoms with Crippen LogP contribution in [0.25, 0.3) is 0 Å². The van der Waals surface area contributed by atoms with Crippen molar-refractivity contribution in [1.82, 2.24) is 5.32 Å². The van der Waals surface area contributed by atoms with E-state index < -0.39 is 0 Å². The van der Waals surface area contributed by atoms with Gasteiger partial charge in [0, 0.05) is 30.7 Å². The number of carbonyl (C=O) groups excluding carboxylic acids is 1. The van der Waals surface area contributed by atoms with Crippen LogP contribution < -0.4 is 16.0 Å². The highest BCUT2D eigenvalue weighted by Crippen LogP contribution is 2.25. The van der Waals surface area contributed by atoms with Crippen LogP contribution in [0.15, 0.2) is 46.9 Å². The summed E-state index contributed by atoms with van der Waals surface area (Å²) in [6, 6.07) is 13.5. The van der Waals surface area contributed by atoms with Crippen LogP contribution in [0.4, 0.5) is 11.4 Å². The highest BCUT2D eigenvalue weighted by atomic mass is 79.9. The second-order valence-electron chi connectivity index (χ2n) is 4.84. The van der Waals surface area contributed by atoms with Crippen LogP contribution >= 0.6 is 15.9 Å². The number of nitrogen functional groups attached to an aromatic ring is 1. The highest BCUT2D eigenvalue weighted by Gasteiger charge is 2.10. The summed E-state index contributed by atoms with van der Waals surface area (Å²) < 4.78 is 1.06. The summed E-state index contributed by atoms with van der Waals surface area (Å²) in [6.07, 6.45) is 0. The fourth-order valence-electron chi connectivity index (χ4n) is 2.14. The minimum absolute atomic E-state index is 0.135. The highest BCUT2D eigenvalue weighted by molar-refractivity contribution is 9.10. The van der Waals surface area contributed by atoms with E-state index in [-0.39, 0.29) is 5.91 Å². The summed E-state index contributed by atoms with van der Waals surface area (Å²) in [5.41, 5.74) is 9.32. The Kier molecular flexibility index (Phi) is 4.85. The van der Waals surface area contributed by atoms with E-state index in [1.54, 1.807) is 19.2 Å². The molecule has 0 aliphatic heterocycles. The Morgan fingerprint density at radius 1 is 1.24 bits per heavy atom. The largest absolute Gasteiger partial charge is 0.397 e. The van der Waals surface area contributed by atoms with Crippen molar-refractivity contribution in [2.75, 3.05) is 24.7 Å². The van der Waals surface area contributed by atoms with Crippen LogP contribution in [0.2, 0.25) is 0 Å². The van der Waals surface area contributed by atoms with Crippen molar-refractivity contribution in [3.05, 3.63) is 58.1 Å². The molecule has 0 fully saturated rings. The average Bonchev–Trinajstić information content (AvgIpc) is 2.48. The molecule has 0 saturated carbocycles. The molecule has 2 aromatic rings. The minimum atomic E-state index is -0.135. The van der Waals surface area contributed by atoms with Gasteiger partial charge in [0.1, 0.15) is 0 Å². The third-order valence-electron chi connectivity index (χ3n) is 3.26. The monoisotopic (exact) mass is 347 g/mol. The number of benzene rings is 2. The fraction of sp³-hybridized carbons (Fsp3) is 0.188. The first-order valence-corrected chi connectivity index (χ1v) is 7.37. The topological polar surface area (TPSA) is 58.4 Å². The van der Waals surface area contributed by atoms with Gasteiger partial charge in [-0.05, 0) is 35.9 Å². The van der Waals surface area contributed by atoms with Crippen molar-refractivity contribution in [2.45, 2.75) is 6.54 Å². The molecule has 2 aromatic carbocycles. The lowest BCUT2D eigenvalue weighted by Crippen LogP contribution is -2.20. The van der Waals surface area contributed by atoms with E-state index in [9.17, 15) is 4.79 Å².